The van der Waals surface area contributed by atoms with Gasteiger partial charge in [0.2, 0.25) is 0 Å². The number of aromatic hydroxyl groups is 1. The zero-order valence-corrected chi connectivity index (χ0v) is 12.5. The van der Waals surface area contributed by atoms with Crippen molar-refractivity contribution in [2.45, 2.75) is 72.8 Å². The first-order valence-electron chi connectivity index (χ1n) is 7.29. The Bertz CT molecular complexity index is 369. The van der Waals surface area contributed by atoms with Crippen molar-refractivity contribution in [3.63, 3.8) is 0 Å². The summed E-state index contributed by atoms with van der Waals surface area (Å²) < 4.78 is 2.03. The van der Waals surface area contributed by atoms with E-state index in [1.807, 2.05) is 4.68 Å². The molecule has 0 radical (unpaired) electrons. The number of aromatic nitrogens is 2. The Morgan fingerprint density at radius 2 is 1.89 bits per heavy atom. The van der Waals surface area contributed by atoms with Gasteiger partial charge in [-0.05, 0) is 25.2 Å². The van der Waals surface area contributed by atoms with Gasteiger partial charge in [0.15, 0.2) is 5.75 Å². The monoisotopic (exact) mass is 252 g/mol. The molecule has 1 rings (SSSR count). The molecule has 0 saturated heterocycles. The molecule has 0 aliphatic rings. The third kappa shape index (κ3) is 3.50. The van der Waals surface area contributed by atoms with Crippen LogP contribution in [-0.2, 0) is 13.0 Å². The van der Waals surface area contributed by atoms with Crippen LogP contribution in [0.25, 0.3) is 0 Å². The van der Waals surface area contributed by atoms with E-state index >= 15 is 0 Å². The summed E-state index contributed by atoms with van der Waals surface area (Å²) in [5, 5.41) is 15.0. The number of rotatable bonds is 7. The van der Waals surface area contributed by atoms with E-state index in [1.54, 1.807) is 0 Å². The molecule has 0 bridgehead atoms. The van der Waals surface area contributed by atoms with Crippen LogP contribution in [0, 0.1) is 5.92 Å². The lowest BCUT2D eigenvalue weighted by Gasteiger charge is -2.09. The molecule has 0 aliphatic carbocycles. The lowest BCUT2D eigenvalue weighted by molar-refractivity contribution is 0.444. The van der Waals surface area contributed by atoms with Crippen molar-refractivity contribution in [1.82, 2.24) is 9.78 Å². The first kappa shape index (κ1) is 15.1. The fourth-order valence-corrected chi connectivity index (χ4v) is 2.11. The van der Waals surface area contributed by atoms with E-state index in [1.165, 1.54) is 0 Å². The highest BCUT2D eigenvalue weighted by atomic mass is 16.3. The van der Waals surface area contributed by atoms with E-state index in [2.05, 4.69) is 39.7 Å². The quantitative estimate of drug-likeness (QED) is 0.793. The van der Waals surface area contributed by atoms with Gasteiger partial charge in [0.05, 0.1) is 5.69 Å². The molecule has 3 heteroatoms. The summed E-state index contributed by atoms with van der Waals surface area (Å²) in [4.78, 5) is 0. The van der Waals surface area contributed by atoms with Crippen LogP contribution in [0.2, 0.25) is 0 Å². The minimum Gasteiger partial charge on any atom is -0.504 e. The predicted octanol–water partition coefficient (Wildman–Crippen LogP) is 4.10. The van der Waals surface area contributed by atoms with Crippen LogP contribution in [-0.4, -0.2) is 14.9 Å². The van der Waals surface area contributed by atoms with Gasteiger partial charge in [-0.25, -0.2) is 0 Å². The molecule has 1 aromatic heterocycles. The van der Waals surface area contributed by atoms with Crippen LogP contribution in [0.1, 0.15) is 71.2 Å². The highest BCUT2D eigenvalue weighted by Crippen LogP contribution is 2.31. The van der Waals surface area contributed by atoms with Gasteiger partial charge < -0.3 is 5.11 Å². The van der Waals surface area contributed by atoms with Crippen molar-refractivity contribution in [2.24, 2.45) is 5.92 Å². The number of nitrogens with zero attached hydrogens (tertiary/aromatic N) is 2. The molecule has 0 saturated carbocycles. The van der Waals surface area contributed by atoms with Crippen LogP contribution >= 0.6 is 0 Å². The van der Waals surface area contributed by atoms with Gasteiger partial charge in [0.25, 0.3) is 0 Å². The third-order valence-corrected chi connectivity index (χ3v) is 3.46. The number of aryl methyl sites for hydroxylation is 1. The molecule has 0 spiro atoms. The second-order valence-electron chi connectivity index (χ2n) is 5.66. The van der Waals surface area contributed by atoms with E-state index in [-0.39, 0.29) is 0 Å². The molecule has 0 aliphatic heterocycles. The lowest BCUT2D eigenvalue weighted by Crippen LogP contribution is -2.08. The van der Waals surface area contributed by atoms with E-state index in [0.717, 1.165) is 43.6 Å². The topological polar surface area (TPSA) is 38.0 Å². The van der Waals surface area contributed by atoms with Crippen LogP contribution in [0.15, 0.2) is 0 Å². The lowest BCUT2D eigenvalue weighted by atomic mass is 10.0. The summed E-state index contributed by atoms with van der Waals surface area (Å²) in [5.74, 6) is 1.31. The Hall–Kier alpha value is -0.990. The maximum Gasteiger partial charge on any atom is 0.160 e. The zero-order chi connectivity index (χ0) is 13.7. The molecule has 0 amide bonds. The van der Waals surface area contributed by atoms with Gasteiger partial charge in [0.1, 0.15) is 5.69 Å². The van der Waals surface area contributed by atoms with Gasteiger partial charge in [0, 0.05) is 12.5 Å². The molecule has 1 unspecified atom stereocenters. The maximum absolute atomic E-state index is 10.4. The Morgan fingerprint density at radius 3 is 2.39 bits per heavy atom. The van der Waals surface area contributed by atoms with Gasteiger partial charge in [-0.2, -0.15) is 5.10 Å². The third-order valence-electron chi connectivity index (χ3n) is 3.46. The molecule has 1 heterocycles. The Labute approximate surface area is 111 Å². The van der Waals surface area contributed by atoms with Crippen molar-refractivity contribution in [3.05, 3.63) is 11.4 Å². The average molecular weight is 252 g/mol. The minimum atomic E-state index is 0.332. The highest BCUT2D eigenvalue weighted by molar-refractivity contribution is 5.34. The highest BCUT2D eigenvalue weighted by Gasteiger charge is 2.20. The first-order chi connectivity index (χ1) is 8.51. The summed E-state index contributed by atoms with van der Waals surface area (Å²) in [6.07, 6.45) is 4.19. The number of hydrogen-bond acceptors (Lipinski definition) is 2. The van der Waals surface area contributed by atoms with E-state index in [9.17, 15) is 5.11 Å². The average Bonchev–Trinajstić information content (AvgIpc) is 2.63. The van der Waals surface area contributed by atoms with Gasteiger partial charge >= 0.3 is 0 Å². The van der Waals surface area contributed by atoms with E-state index < -0.39 is 0 Å². The van der Waals surface area contributed by atoms with Crippen LogP contribution in [0.4, 0.5) is 0 Å². The van der Waals surface area contributed by atoms with Crippen molar-refractivity contribution in [1.29, 1.82) is 0 Å². The number of unbranched alkanes of at least 4 members (excludes halogenated alkanes) is 1. The summed E-state index contributed by atoms with van der Waals surface area (Å²) in [5.41, 5.74) is 1.90. The van der Waals surface area contributed by atoms with E-state index in [0.29, 0.717) is 17.6 Å². The van der Waals surface area contributed by atoms with Gasteiger partial charge in [-0.15, -0.1) is 0 Å². The van der Waals surface area contributed by atoms with Crippen molar-refractivity contribution >= 4 is 0 Å². The molecule has 18 heavy (non-hydrogen) atoms. The normalized spacial score (nSPS) is 13.2. The van der Waals surface area contributed by atoms with Crippen LogP contribution < -0.4 is 0 Å². The standard InChI is InChI=1S/C15H28N2O/c1-6-8-9-17-13(10-11(3)4)15(18)14(16-17)12(5)7-2/h11-12,18H,6-10H2,1-5H3. The van der Waals surface area contributed by atoms with E-state index in [4.69, 9.17) is 0 Å². The Morgan fingerprint density at radius 1 is 1.22 bits per heavy atom. The number of hydrogen-bond donors (Lipinski definition) is 1. The molecule has 3 nitrogen and oxygen atoms in total. The first-order valence-corrected chi connectivity index (χ1v) is 7.29. The molecule has 0 aromatic carbocycles. The summed E-state index contributed by atoms with van der Waals surface area (Å²) >= 11 is 0. The van der Waals surface area contributed by atoms with Crippen LogP contribution in [0.3, 0.4) is 0 Å². The molecular formula is C15H28N2O. The van der Waals surface area contributed by atoms with Crippen molar-refractivity contribution < 1.29 is 5.11 Å². The molecule has 1 aromatic rings. The van der Waals surface area contributed by atoms with Gasteiger partial charge in [-0.1, -0.05) is 41.0 Å². The second kappa shape index (κ2) is 6.81. The smallest absolute Gasteiger partial charge is 0.160 e. The molecule has 104 valence electrons. The van der Waals surface area contributed by atoms with Gasteiger partial charge in [-0.3, -0.25) is 4.68 Å². The maximum atomic E-state index is 10.4. The Balaban J connectivity index is 3.05. The van der Waals surface area contributed by atoms with Crippen molar-refractivity contribution in [2.75, 3.05) is 0 Å². The molecule has 1 N–H and O–H groups in total. The summed E-state index contributed by atoms with van der Waals surface area (Å²) in [6, 6.07) is 0. The fourth-order valence-electron chi connectivity index (χ4n) is 2.11. The SMILES string of the molecule is CCCCn1nc(C(C)CC)c(O)c1CC(C)C. The second-order valence-corrected chi connectivity index (χ2v) is 5.66. The Kier molecular flexibility index (Phi) is 5.70. The summed E-state index contributed by atoms with van der Waals surface area (Å²) in [7, 11) is 0. The molecule has 0 fully saturated rings. The fraction of sp³-hybridized carbons (Fsp3) is 0.800. The molecular weight excluding hydrogens is 224 g/mol. The predicted molar refractivity (Wildman–Crippen MR) is 76.0 cm³/mol. The zero-order valence-electron chi connectivity index (χ0n) is 12.5. The minimum absolute atomic E-state index is 0.332. The summed E-state index contributed by atoms with van der Waals surface area (Å²) in [6.45, 7) is 11.7. The van der Waals surface area contributed by atoms with Crippen molar-refractivity contribution in [3.8, 4) is 5.75 Å². The largest absolute Gasteiger partial charge is 0.504 e. The molecule has 1 atom stereocenters. The van der Waals surface area contributed by atoms with Crippen LogP contribution in [0.5, 0.6) is 5.75 Å².